The van der Waals surface area contributed by atoms with Gasteiger partial charge in [-0.05, 0) is 49.2 Å². The number of sulfonamides is 1. The van der Waals surface area contributed by atoms with Crippen LogP contribution in [0.2, 0.25) is 0 Å². The van der Waals surface area contributed by atoms with Crippen molar-refractivity contribution in [1.82, 2.24) is 0 Å². The molecule has 0 aliphatic rings. The number of nitrogens with one attached hydrogen (secondary N) is 1. The zero-order chi connectivity index (χ0) is 23.1. The molecule has 32 heavy (non-hydrogen) atoms. The minimum Gasteiger partial charge on any atom is -0.495 e. The van der Waals surface area contributed by atoms with E-state index < -0.39 is 10.0 Å². The number of anilines is 2. The molecule has 7 heteroatoms. The van der Waals surface area contributed by atoms with Gasteiger partial charge in [-0.2, -0.15) is 0 Å². The summed E-state index contributed by atoms with van der Waals surface area (Å²) >= 11 is 0. The van der Waals surface area contributed by atoms with Crippen LogP contribution in [0, 0.1) is 0 Å². The average Bonchev–Trinajstić information content (AvgIpc) is 2.81. The molecule has 3 aromatic rings. The molecule has 6 nitrogen and oxygen atoms in total. The molecule has 1 unspecified atom stereocenters. The number of benzene rings is 3. The molecule has 0 fully saturated rings. The standard InChI is InChI=1S/C25H28N2O4S/c1-4-22(19-12-8-6-9-13-19)25(28)26-23-18-21(16-17-24(23)31-3)32(29,30)27(5-2)20-14-10-7-11-15-20/h6-18,22H,4-5H2,1-3H3,(H,26,28). The maximum Gasteiger partial charge on any atom is 0.264 e. The second kappa shape index (κ2) is 10.3. The van der Waals surface area contributed by atoms with Gasteiger partial charge >= 0.3 is 0 Å². The Balaban J connectivity index is 1.95. The number of carbonyl (C=O) groups excluding carboxylic acids is 1. The van der Waals surface area contributed by atoms with Gasteiger partial charge < -0.3 is 10.1 Å². The van der Waals surface area contributed by atoms with Crippen molar-refractivity contribution < 1.29 is 17.9 Å². The quantitative estimate of drug-likeness (QED) is 0.493. The van der Waals surface area contributed by atoms with Gasteiger partial charge in [0, 0.05) is 6.54 Å². The van der Waals surface area contributed by atoms with Gasteiger partial charge in [-0.25, -0.2) is 8.42 Å². The summed E-state index contributed by atoms with van der Waals surface area (Å²) in [6, 6.07) is 22.9. The summed E-state index contributed by atoms with van der Waals surface area (Å²) in [5, 5.41) is 2.87. The lowest BCUT2D eigenvalue weighted by atomic mass is 9.95. The molecule has 0 saturated heterocycles. The van der Waals surface area contributed by atoms with Gasteiger partial charge in [0.05, 0.1) is 29.3 Å². The molecular weight excluding hydrogens is 424 g/mol. The first-order valence-corrected chi connectivity index (χ1v) is 12.0. The Morgan fingerprint density at radius 3 is 2.16 bits per heavy atom. The molecule has 168 valence electrons. The van der Waals surface area contributed by atoms with Gasteiger partial charge in [0.2, 0.25) is 5.91 Å². The summed E-state index contributed by atoms with van der Waals surface area (Å²) < 4.78 is 33.5. The third-order valence-electron chi connectivity index (χ3n) is 5.27. The Bertz CT molecular complexity index is 1150. The molecule has 0 aliphatic heterocycles. The third kappa shape index (κ3) is 4.94. The number of rotatable bonds is 9. The molecule has 1 amide bonds. The minimum atomic E-state index is -3.84. The maximum atomic E-state index is 13.4. The van der Waals surface area contributed by atoms with Gasteiger partial charge in [-0.15, -0.1) is 0 Å². The highest BCUT2D eigenvalue weighted by Crippen LogP contribution is 2.32. The number of ether oxygens (including phenoxy) is 1. The van der Waals surface area contributed by atoms with E-state index in [0.29, 0.717) is 23.5 Å². The van der Waals surface area contributed by atoms with E-state index >= 15 is 0 Å². The van der Waals surface area contributed by atoms with Crippen LogP contribution in [0.1, 0.15) is 31.7 Å². The summed E-state index contributed by atoms with van der Waals surface area (Å²) in [6.07, 6.45) is 0.605. The number of para-hydroxylation sites is 1. The third-order valence-corrected chi connectivity index (χ3v) is 7.17. The van der Waals surface area contributed by atoms with Crippen LogP contribution in [0.25, 0.3) is 0 Å². The monoisotopic (exact) mass is 452 g/mol. The van der Waals surface area contributed by atoms with Crippen molar-refractivity contribution in [3.8, 4) is 5.75 Å². The van der Waals surface area contributed by atoms with Crippen LogP contribution in [0.4, 0.5) is 11.4 Å². The lowest BCUT2D eigenvalue weighted by Crippen LogP contribution is -2.31. The molecule has 1 N–H and O–H groups in total. The Hall–Kier alpha value is -3.32. The SMILES string of the molecule is CCC(C(=O)Nc1cc(S(=O)(=O)N(CC)c2ccccc2)ccc1OC)c1ccccc1. The Kier molecular flexibility index (Phi) is 7.53. The zero-order valence-electron chi connectivity index (χ0n) is 18.5. The Labute approximate surface area is 189 Å². The van der Waals surface area contributed by atoms with Crippen molar-refractivity contribution in [3.05, 3.63) is 84.4 Å². The molecular formula is C25H28N2O4S. The summed E-state index contributed by atoms with van der Waals surface area (Å²) in [4.78, 5) is 13.1. The molecule has 1 atom stereocenters. The number of nitrogens with zero attached hydrogens (tertiary/aromatic N) is 1. The summed E-state index contributed by atoms with van der Waals surface area (Å²) in [7, 11) is -2.36. The van der Waals surface area contributed by atoms with Crippen LogP contribution < -0.4 is 14.4 Å². The van der Waals surface area contributed by atoms with Crippen LogP contribution in [-0.4, -0.2) is 28.0 Å². The second-order valence-corrected chi connectivity index (χ2v) is 9.09. The molecule has 0 aromatic heterocycles. The predicted octanol–water partition coefficient (Wildman–Crippen LogP) is 5.04. The van der Waals surface area contributed by atoms with E-state index in [9.17, 15) is 13.2 Å². The Morgan fingerprint density at radius 2 is 1.59 bits per heavy atom. The Morgan fingerprint density at radius 1 is 0.969 bits per heavy atom. The van der Waals surface area contributed by atoms with Crippen LogP contribution in [-0.2, 0) is 14.8 Å². The fourth-order valence-corrected chi connectivity index (χ4v) is 5.14. The molecule has 0 bridgehead atoms. The largest absolute Gasteiger partial charge is 0.495 e. The van der Waals surface area contributed by atoms with E-state index in [2.05, 4.69) is 5.32 Å². The minimum absolute atomic E-state index is 0.0760. The van der Waals surface area contributed by atoms with Crippen molar-refractivity contribution >= 4 is 27.3 Å². The lowest BCUT2D eigenvalue weighted by Gasteiger charge is -2.24. The number of carbonyl (C=O) groups is 1. The van der Waals surface area contributed by atoms with Crippen molar-refractivity contribution in [2.45, 2.75) is 31.1 Å². The van der Waals surface area contributed by atoms with Crippen molar-refractivity contribution in [1.29, 1.82) is 0 Å². The van der Waals surface area contributed by atoms with E-state index in [-0.39, 0.29) is 23.3 Å². The fraction of sp³-hybridized carbons (Fsp3) is 0.240. The van der Waals surface area contributed by atoms with E-state index in [4.69, 9.17) is 4.74 Å². The van der Waals surface area contributed by atoms with Crippen LogP contribution in [0.5, 0.6) is 5.75 Å². The topological polar surface area (TPSA) is 75.7 Å². The highest BCUT2D eigenvalue weighted by atomic mass is 32.2. The van der Waals surface area contributed by atoms with Gasteiger partial charge in [-0.3, -0.25) is 9.10 Å². The van der Waals surface area contributed by atoms with Crippen molar-refractivity contribution in [2.24, 2.45) is 0 Å². The fourth-order valence-electron chi connectivity index (χ4n) is 3.64. The lowest BCUT2D eigenvalue weighted by molar-refractivity contribution is -0.117. The first-order valence-electron chi connectivity index (χ1n) is 10.5. The zero-order valence-corrected chi connectivity index (χ0v) is 19.3. The summed E-state index contributed by atoms with van der Waals surface area (Å²) in [6.45, 7) is 3.99. The number of hydrogen-bond donors (Lipinski definition) is 1. The van der Waals surface area contributed by atoms with Crippen LogP contribution in [0.3, 0.4) is 0 Å². The first-order chi connectivity index (χ1) is 15.4. The number of hydrogen-bond acceptors (Lipinski definition) is 4. The second-order valence-electron chi connectivity index (χ2n) is 7.23. The number of amides is 1. The molecule has 3 rings (SSSR count). The molecule has 0 aliphatic carbocycles. The van der Waals surface area contributed by atoms with Crippen LogP contribution >= 0.6 is 0 Å². The van der Waals surface area contributed by atoms with E-state index in [1.807, 2.05) is 43.3 Å². The highest BCUT2D eigenvalue weighted by molar-refractivity contribution is 7.92. The van der Waals surface area contributed by atoms with Crippen LogP contribution in [0.15, 0.2) is 83.8 Å². The smallest absolute Gasteiger partial charge is 0.264 e. The highest BCUT2D eigenvalue weighted by Gasteiger charge is 2.26. The average molecular weight is 453 g/mol. The molecule has 3 aromatic carbocycles. The molecule has 0 heterocycles. The van der Waals surface area contributed by atoms with Gasteiger partial charge in [0.1, 0.15) is 5.75 Å². The predicted molar refractivity (Wildman–Crippen MR) is 128 cm³/mol. The maximum absolute atomic E-state index is 13.4. The van der Waals surface area contributed by atoms with Gasteiger partial charge in [0.15, 0.2) is 0 Å². The van der Waals surface area contributed by atoms with Gasteiger partial charge in [-0.1, -0.05) is 55.5 Å². The van der Waals surface area contributed by atoms with E-state index in [1.165, 1.54) is 23.5 Å². The van der Waals surface area contributed by atoms with E-state index in [1.54, 1.807) is 37.3 Å². The molecule has 0 radical (unpaired) electrons. The van der Waals surface area contributed by atoms with E-state index in [0.717, 1.165) is 5.56 Å². The first kappa shape index (κ1) is 23.3. The van der Waals surface area contributed by atoms with Crippen molar-refractivity contribution in [2.75, 3.05) is 23.3 Å². The molecule has 0 saturated carbocycles. The van der Waals surface area contributed by atoms with Crippen molar-refractivity contribution in [3.63, 3.8) is 0 Å². The normalized spacial score (nSPS) is 12.1. The summed E-state index contributed by atoms with van der Waals surface area (Å²) in [5.41, 5.74) is 1.79. The summed E-state index contributed by atoms with van der Waals surface area (Å²) in [5.74, 6) is -0.192. The number of methoxy groups -OCH3 is 1. The molecule has 0 spiro atoms. The van der Waals surface area contributed by atoms with Gasteiger partial charge in [0.25, 0.3) is 10.0 Å².